The largest absolute Gasteiger partial charge is 0.494 e. The third-order valence-corrected chi connectivity index (χ3v) is 3.58. The molecule has 1 amide bonds. The molecular formula is C18H20N2O4. The third-order valence-electron chi connectivity index (χ3n) is 3.58. The summed E-state index contributed by atoms with van der Waals surface area (Å²) in [6.45, 7) is 4.58. The minimum Gasteiger partial charge on any atom is -0.494 e. The van der Waals surface area contributed by atoms with Gasteiger partial charge in [-0.15, -0.1) is 0 Å². The van der Waals surface area contributed by atoms with Crippen molar-refractivity contribution >= 4 is 17.3 Å². The number of hydrogen-bond acceptors (Lipinski definition) is 5. The molecule has 0 saturated carbocycles. The molecule has 3 rings (SSSR count). The molecule has 126 valence electrons. The van der Waals surface area contributed by atoms with Crippen LogP contribution in [-0.4, -0.2) is 25.3 Å². The van der Waals surface area contributed by atoms with Crippen LogP contribution in [0.2, 0.25) is 0 Å². The van der Waals surface area contributed by atoms with Gasteiger partial charge in [-0.25, -0.2) is 0 Å². The molecule has 2 N–H and O–H groups in total. The van der Waals surface area contributed by atoms with Crippen molar-refractivity contribution in [3.63, 3.8) is 0 Å². The maximum Gasteiger partial charge on any atom is 0.246 e. The van der Waals surface area contributed by atoms with Gasteiger partial charge in [0.1, 0.15) is 11.8 Å². The van der Waals surface area contributed by atoms with Crippen LogP contribution in [0.15, 0.2) is 42.5 Å². The molecule has 0 aliphatic carbocycles. The lowest BCUT2D eigenvalue weighted by Crippen LogP contribution is -2.31. The lowest BCUT2D eigenvalue weighted by Gasteiger charge is -2.16. The quantitative estimate of drug-likeness (QED) is 0.852. The van der Waals surface area contributed by atoms with Crippen LogP contribution in [-0.2, 0) is 4.79 Å². The van der Waals surface area contributed by atoms with E-state index in [4.69, 9.17) is 14.2 Å². The first-order valence-corrected chi connectivity index (χ1v) is 7.85. The molecule has 1 atom stereocenters. The van der Waals surface area contributed by atoms with Crippen molar-refractivity contribution in [2.45, 2.75) is 19.9 Å². The molecule has 0 saturated heterocycles. The molecule has 6 heteroatoms. The molecular weight excluding hydrogens is 308 g/mol. The fourth-order valence-electron chi connectivity index (χ4n) is 2.35. The lowest BCUT2D eigenvalue weighted by atomic mass is 10.2. The first-order chi connectivity index (χ1) is 11.7. The van der Waals surface area contributed by atoms with E-state index < -0.39 is 6.04 Å². The Hall–Kier alpha value is -2.89. The molecule has 0 bridgehead atoms. The van der Waals surface area contributed by atoms with Crippen molar-refractivity contribution in [2.75, 3.05) is 24.0 Å². The molecule has 0 aromatic heterocycles. The number of benzene rings is 2. The Bertz CT molecular complexity index is 715. The van der Waals surface area contributed by atoms with Gasteiger partial charge in [-0.1, -0.05) is 0 Å². The average molecular weight is 328 g/mol. The van der Waals surface area contributed by atoms with E-state index in [1.807, 2.05) is 31.2 Å². The van der Waals surface area contributed by atoms with Crippen LogP contribution < -0.4 is 24.8 Å². The van der Waals surface area contributed by atoms with Gasteiger partial charge in [-0.2, -0.15) is 0 Å². The smallest absolute Gasteiger partial charge is 0.246 e. The maximum atomic E-state index is 12.3. The van der Waals surface area contributed by atoms with Gasteiger partial charge in [-0.3, -0.25) is 4.79 Å². The minimum absolute atomic E-state index is 0.136. The molecule has 6 nitrogen and oxygen atoms in total. The van der Waals surface area contributed by atoms with Gasteiger partial charge in [-0.05, 0) is 50.2 Å². The number of hydrogen-bond donors (Lipinski definition) is 2. The number of amides is 1. The zero-order valence-electron chi connectivity index (χ0n) is 13.7. The zero-order valence-corrected chi connectivity index (χ0v) is 13.7. The Morgan fingerprint density at radius 1 is 1.12 bits per heavy atom. The van der Waals surface area contributed by atoms with Gasteiger partial charge >= 0.3 is 0 Å². The van der Waals surface area contributed by atoms with Crippen LogP contribution in [0.25, 0.3) is 0 Å². The van der Waals surface area contributed by atoms with Crippen LogP contribution in [0, 0.1) is 0 Å². The van der Waals surface area contributed by atoms with Gasteiger partial charge < -0.3 is 24.8 Å². The highest BCUT2D eigenvalue weighted by molar-refractivity contribution is 5.96. The molecule has 0 unspecified atom stereocenters. The minimum atomic E-state index is -0.395. The van der Waals surface area contributed by atoms with E-state index in [0.717, 1.165) is 11.4 Å². The van der Waals surface area contributed by atoms with E-state index in [-0.39, 0.29) is 12.7 Å². The fourth-order valence-corrected chi connectivity index (χ4v) is 2.35. The summed E-state index contributed by atoms with van der Waals surface area (Å²) < 4.78 is 16.0. The second-order valence-corrected chi connectivity index (χ2v) is 5.38. The second-order valence-electron chi connectivity index (χ2n) is 5.38. The van der Waals surface area contributed by atoms with E-state index in [0.29, 0.717) is 23.8 Å². The number of carbonyl (C=O) groups is 1. The van der Waals surface area contributed by atoms with Crippen molar-refractivity contribution in [3.05, 3.63) is 42.5 Å². The molecule has 0 radical (unpaired) electrons. The predicted octanol–water partition coefficient (Wildman–Crippen LogP) is 3.25. The average Bonchev–Trinajstić information content (AvgIpc) is 3.04. The highest BCUT2D eigenvalue weighted by atomic mass is 16.7. The molecule has 0 fully saturated rings. The van der Waals surface area contributed by atoms with Gasteiger partial charge in [0.15, 0.2) is 11.5 Å². The molecule has 1 heterocycles. The summed E-state index contributed by atoms with van der Waals surface area (Å²) in [5.41, 5.74) is 1.52. The molecule has 1 aliphatic heterocycles. The Morgan fingerprint density at radius 3 is 2.58 bits per heavy atom. The van der Waals surface area contributed by atoms with Gasteiger partial charge in [0.2, 0.25) is 12.7 Å². The highest BCUT2D eigenvalue weighted by Gasteiger charge is 2.16. The maximum absolute atomic E-state index is 12.3. The van der Waals surface area contributed by atoms with E-state index in [1.165, 1.54) is 0 Å². The zero-order chi connectivity index (χ0) is 16.9. The SMILES string of the molecule is CCOc1ccc(N[C@@H](C)C(=O)Nc2ccc3c(c2)OCO3)cc1. The first kappa shape index (κ1) is 16.0. The van der Waals surface area contributed by atoms with Gasteiger partial charge in [0.05, 0.1) is 6.61 Å². The highest BCUT2D eigenvalue weighted by Crippen LogP contribution is 2.34. The summed E-state index contributed by atoms with van der Waals surface area (Å²) in [7, 11) is 0. The molecule has 1 aliphatic rings. The molecule has 2 aromatic rings. The van der Waals surface area contributed by atoms with Crippen LogP contribution >= 0.6 is 0 Å². The number of rotatable bonds is 6. The normalized spacial score (nSPS) is 13.2. The molecule has 2 aromatic carbocycles. The monoisotopic (exact) mass is 328 g/mol. The van der Waals surface area contributed by atoms with Crippen LogP contribution in [0.4, 0.5) is 11.4 Å². The van der Waals surface area contributed by atoms with Gasteiger partial charge in [0, 0.05) is 17.4 Å². The number of carbonyl (C=O) groups excluding carboxylic acids is 1. The van der Waals surface area contributed by atoms with E-state index >= 15 is 0 Å². The summed E-state index contributed by atoms with van der Waals surface area (Å²) in [5.74, 6) is 2.00. The van der Waals surface area contributed by atoms with Crippen LogP contribution in [0.5, 0.6) is 17.2 Å². The predicted molar refractivity (Wildman–Crippen MR) is 91.9 cm³/mol. The summed E-state index contributed by atoms with van der Waals surface area (Å²) >= 11 is 0. The lowest BCUT2D eigenvalue weighted by molar-refractivity contribution is -0.116. The first-order valence-electron chi connectivity index (χ1n) is 7.85. The van der Waals surface area contributed by atoms with Crippen molar-refractivity contribution in [2.24, 2.45) is 0 Å². The van der Waals surface area contributed by atoms with E-state index in [9.17, 15) is 4.79 Å². The van der Waals surface area contributed by atoms with Crippen molar-refractivity contribution < 1.29 is 19.0 Å². The number of fused-ring (bicyclic) bond motifs is 1. The van der Waals surface area contributed by atoms with Crippen LogP contribution in [0.1, 0.15) is 13.8 Å². The Labute approximate surface area is 140 Å². The van der Waals surface area contributed by atoms with Gasteiger partial charge in [0.25, 0.3) is 0 Å². The summed E-state index contributed by atoms with van der Waals surface area (Å²) in [5, 5.41) is 6.02. The summed E-state index contributed by atoms with van der Waals surface area (Å²) in [6.07, 6.45) is 0. The van der Waals surface area contributed by atoms with E-state index in [1.54, 1.807) is 25.1 Å². The van der Waals surface area contributed by atoms with E-state index in [2.05, 4.69) is 10.6 Å². The molecule has 0 spiro atoms. The number of ether oxygens (including phenoxy) is 3. The number of anilines is 2. The van der Waals surface area contributed by atoms with Crippen molar-refractivity contribution in [1.82, 2.24) is 0 Å². The second kappa shape index (κ2) is 7.12. The topological polar surface area (TPSA) is 68.8 Å². The standard InChI is InChI=1S/C18H20N2O4/c1-3-22-15-7-4-13(5-8-15)19-12(2)18(21)20-14-6-9-16-17(10-14)24-11-23-16/h4-10,12,19H,3,11H2,1-2H3,(H,20,21)/t12-/m0/s1. The number of nitrogens with one attached hydrogen (secondary N) is 2. The summed E-state index contributed by atoms with van der Waals surface area (Å²) in [4.78, 5) is 12.3. The van der Waals surface area contributed by atoms with Crippen molar-refractivity contribution in [3.8, 4) is 17.2 Å². The fraction of sp³-hybridized carbons (Fsp3) is 0.278. The molecule has 24 heavy (non-hydrogen) atoms. The Kier molecular flexibility index (Phi) is 4.74. The van der Waals surface area contributed by atoms with Crippen LogP contribution in [0.3, 0.4) is 0 Å². The Balaban J connectivity index is 1.58. The Morgan fingerprint density at radius 2 is 1.83 bits per heavy atom. The third kappa shape index (κ3) is 3.71. The summed E-state index contributed by atoms with van der Waals surface area (Å²) in [6, 6.07) is 12.4. The van der Waals surface area contributed by atoms with Crippen molar-refractivity contribution in [1.29, 1.82) is 0 Å².